The number of hydrogen-bond donors (Lipinski definition) is 2. The van der Waals surface area contributed by atoms with Crippen LogP contribution >= 0.6 is 0 Å². The van der Waals surface area contributed by atoms with Crippen LogP contribution in [0.2, 0.25) is 0 Å². The lowest BCUT2D eigenvalue weighted by molar-refractivity contribution is 0.0879. The van der Waals surface area contributed by atoms with E-state index >= 15 is 0 Å². The summed E-state index contributed by atoms with van der Waals surface area (Å²) in [5.41, 5.74) is 13.3. The predicted octanol–water partition coefficient (Wildman–Crippen LogP) is 1.77. The Labute approximate surface area is 125 Å². The number of benzene rings is 1. The highest BCUT2D eigenvalue weighted by molar-refractivity contribution is 5.87. The fraction of sp³-hybridized carbons (Fsp3) is 0.500. The van der Waals surface area contributed by atoms with E-state index in [2.05, 4.69) is 28.7 Å². The molecule has 0 spiro atoms. The van der Waals surface area contributed by atoms with E-state index in [4.69, 9.17) is 11.5 Å². The summed E-state index contributed by atoms with van der Waals surface area (Å²) in [6.07, 6.45) is 1.01. The van der Waals surface area contributed by atoms with E-state index in [1.807, 2.05) is 24.3 Å². The van der Waals surface area contributed by atoms with Crippen molar-refractivity contribution in [2.45, 2.75) is 32.9 Å². The fourth-order valence-electron chi connectivity index (χ4n) is 3.04. The zero-order chi connectivity index (χ0) is 15.0. The number of piperidine rings is 1. The van der Waals surface area contributed by atoms with Gasteiger partial charge in [0.2, 0.25) is 0 Å². The second kappa shape index (κ2) is 5.24. The van der Waals surface area contributed by atoms with Gasteiger partial charge in [0.15, 0.2) is 0 Å². The first-order chi connectivity index (χ1) is 9.95. The summed E-state index contributed by atoms with van der Waals surface area (Å²) >= 11 is 0. The van der Waals surface area contributed by atoms with Gasteiger partial charge in [-0.15, -0.1) is 0 Å². The van der Waals surface area contributed by atoms with Crippen molar-refractivity contribution >= 4 is 16.7 Å². The molecule has 2 aromatic rings. The molecule has 0 saturated carbocycles. The maximum atomic E-state index is 6.19. The van der Waals surface area contributed by atoms with Gasteiger partial charge in [-0.25, -0.2) is 9.97 Å². The van der Waals surface area contributed by atoms with Crippen molar-refractivity contribution in [2.75, 3.05) is 18.8 Å². The SMILES string of the molecule is CC1(C)CN(Cc2nc(N)c3ccccc3n2)CCC1N. The van der Waals surface area contributed by atoms with Crippen LogP contribution in [0.3, 0.4) is 0 Å². The summed E-state index contributed by atoms with van der Waals surface area (Å²) in [6.45, 7) is 7.12. The van der Waals surface area contributed by atoms with Gasteiger partial charge in [0.25, 0.3) is 0 Å². The van der Waals surface area contributed by atoms with E-state index in [0.717, 1.165) is 42.8 Å². The van der Waals surface area contributed by atoms with E-state index in [0.29, 0.717) is 5.82 Å². The Morgan fingerprint density at radius 2 is 2.05 bits per heavy atom. The summed E-state index contributed by atoms with van der Waals surface area (Å²) in [7, 11) is 0. The van der Waals surface area contributed by atoms with Crippen LogP contribution < -0.4 is 11.5 Å². The molecule has 1 saturated heterocycles. The first-order valence-electron chi connectivity index (χ1n) is 7.45. The van der Waals surface area contributed by atoms with Gasteiger partial charge in [0.05, 0.1) is 12.1 Å². The van der Waals surface area contributed by atoms with Gasteiger partial charge >= 0.3 is 0 Å². The first-order valence-corrected chi connectivity index (χ1v) is 7.45. The summed E-state index contributed by atoms with van der Waals surface area (Å²) in [5.74, 6) is 1.35. The Hall–Kier alpha value is -1.72. The van der Waals surface area contributed by atoms with E-state index < -0.39 is 0 Å². The normalized spacial score (nSPS) is 22.5. The lowest BCUT2D eigenvalue weighted by Gasteiger charge is -2.42. The van der Waals surface area contributed by atoms with Crippen molar-refractivity contribution in [2.24, 2.45) is 11.1 Å². The smallest absolute Gasteiger partial charge is 0.145 e. The molecule has 0 aliphatic carbocycles. The lowest BCUT2D eigenvalue weighted by Crippen LogP contribution is -2.52. The maximum absolute atomic E-state index is 6.19. The Kier molecular flexibility index (Phi) is 3.55. The van der Waals surface area contributed by atoms with Crippen molar-refractivity contribution in [1.29, 1.82) is 0 Å². The fourth-order valence-corrected chi connectivity index (χ4v) is 3.04. The van der Waals surface area contributed by atoms with Crippen molar-refractivity contribution in [1.82, 2.24) is 14.9 Å². The Bertz CT molecular complexity index is 652. The molecule has 1 aromatic carbocycles. The average molecular weight is 285 g/mol. The average Bonchev–Trinajstić information content (AvgIpc) is 2.43. The van der Waals surface area contributed by atoms with Crippen molar-refractivity contribution in [3.63, 3.8) is 0 Å². The molecule has 0 radical (unpaired) electrons. The number of nitrogens with two attached hydrogens (primary N) is 2. The number of nitrogens with zero attached hydrogens (tertiary/aromatic N) is 3. The minimum atomic E-state index is 0.126. The summed E-state index contributed by atoms with van der Waals surface area (Å²) in [5, 5.41) is 0.919. The van der Waals surface area contributed by atoms with Crippen molar-refractivity contribution < 1.29 is 0 Å². The number of nitrogen functional groups attached to an aromatic ring is 1. The van der Waals surface area contributed by atoms with Gasteiger partial charge < -0.3 is 11.5 Å². The Balaban J connectivity index is 1.82. The number of fused-ring (bicyclic) bond motifs is 1. The van der Waals surface area contributed by atoms with Gasteiger partial charge in [0, 0.05) is 24.5 Å². The Morgan fingerprint density at radius 1 is 1.29 bits per heavy atom. The van der Waals surface area contributed by atoms with Gasteiger partial charge in [0.1, 0.15) is 11.6 Å². The molecule has 0 bridgehead atoms. The maximum Gasteiger partial charge on any atom is 0.145 e. The topological polar surface area (TPSA) is 81.1 Å². The van der Waals surface area contributed by atoms with Crippen LogP contribution in [-0.2, 0) is 6.54 Å². The molecule has 5 heteroatoms. The molecule has 1 atom stereocenters. The third-order valence-electron chi connectivity index (χ3n) is 4.44. The quantitative estimate of drug-likeness (QED) is 0.879. The minimum Gasteiger partial charge on any atom is -0.383 e. The van der Waals surface area contributed by atoms with E-state index in [1.165, 1.54) is 0 Å². The molecule has 1 fully saturated rings. The second-order valence-electron chi connectivity index (χ2n) is 6.64. The van der Waals surface area contributed by atoms with Crippen LogP contribution in [0.15, 0.2) is 24.3 Å². The monoisotopic (exact) mass is 285 g/mol. The van der Waals surface area contributed by atoms with Crippen LogP contribution in [0.4, 0.5) is 5.82 Å². The molecule has 0 amide bonds. The Morgan fingerprint density at radius 3 is 2.81 bits per heavy atom. The number of hydrogen-bond acceptors (Lipinski definition) is 5. The summed E-state index contributed by atoms with van der Waals surface area (Å²) in [6, 6.07) is 8.12. The predicted molar refractivity (Wildman–Crippen MR) is 85.6 cm³/mol. The molecule has 4 N–H and O–H groups in total. The molecule has 1 aliphatic rings. The molecule has 1 unspecified atom stereocenters. The molecular weight excluding hydrogens is 262 g/mol. The van der Waals surface area contributed by atoms with Crippen LogP contribution in [0.1, 0.15) is 26.1 Å². The van der Waals surface area contributed by atoms with Crippen molar-refractivity contribution in [3.8, 4) is 0 Å². The van der Waals surface area contributed by atoms with Crippen molar-refractivity contribution in [3.05, 3.63) is 30.1 Å². The molecule has 1 aromatic heterocycles. The molecule has 2 heterocycles. The van der Waals surface area contributed by atoms with Crippen LogP contribution in [-0.4, -0.2) is 34.0 Å². The zero-order valence-corrected chi connectivity index (χ0v) is 12.7. The third kappa shape index (κ3) is 2.84. The van der Waals surface area contributed by atoms with Gasteiger partial charge in [-0.1, -0.05) is 26.0 Å². The zero-order valence-electron chi connectivity index (χ0n) is 12.7. The number of likely N-dealkylation sites (tertiary alicyclic amines) is 1. The second-order valence-corrected chi connectivity index (χ2v) is 6.64. The number of para-hydroxylation sites is 1. The highest BCUT2D eigenvalue weighted by atomic mass is 15.2. The van der Waals surface area contributed by atoms with Gasteiger partial charge in [-0.2, -0.15) is 0 Å². The summed E-state index contributed by atoms with van der Waals surface area (Å²) in [4.78, 5) is 11.5. The first kappa shape index (κ1) is 14.2. The largest absolute Gasteiger partial charge is 0.383 e. The molecule has 5 nitrogen and oxygen atoms in total. The molecular formula is C16H23N5. The van der Waals surface area contributed by atoms with E-state index in [-0.39, 0.29) is 11.5 Å². The number of rotatable bonds is 2. The lowest BCUT2D eigenvalue weighted by atomic mass is 9.80. The minimum absolute atomic E-state index is 0.126. The van der Waals surface area contributed by atoms with Gasteiger partial charge in [-0.3, -0.25) is 4.90 Å². The van der Waals surface area contributed by atoms with Gasteiger partial charge in [-0.05, 0) is 24.0 Å². The number of aromatic nitrogens is 2. The summed E-state index contributed by atoms with van der Waals surface area (Å²) < 4.78 is 0. The highest BCUT2D eigenvalue weighted by Crippen LogP contribution is 2.28. The highest BCUT2D eigenvalue weighted by Gasteiger charge is 2.33. The number of anilines is 1. The third-order valence-corrected chi connectivity index (χ3v) is 4.44. The van der Waals surface area contributed by atoms with Crippen LogP contribution in [0.5, 0.6) is 0 Å². The molecule has 112 valence electrons. The molecule has 1 aliphatic heterocycles. The van der Waals surface area contributed by atoms with E-state index in [9.17, 15) is 0 Å². The van der Waals surface area contributed by atoms with Crippen LogP contribution in [0, 0.1) is 5.41 Å². The molecule has 21 heavy (non-hydrogen) atoms. The van der Waals surface area contributed by atoms with E-state index in [1.54, 1.807) is 0 Å². The molecule has 3 rings (SSSR count). The standard InChI is InChI=1S/C16H23N5/c1-16(2)10-21(8-7-13(16)17)9-14-19-12-6-4-3-5-11(12)15(18)20-14/h3-6,13H,7-10,17H2,1-2H3,(H2,18,19,20). The van der Waals surface area contributed by atoms with Crippen LogP contribution in [0.25, 0.3) is 10.9 Å².